The molecule has 9 heteroatoms. The molecule has 1 fully saturated rings. The molecule has 0 bridgehead atoms. The van der Waals surface area contributed by atoms with Gasteiger partial charge in [0, 0.05) is 23.4 Å². The second-order valence-corrected chi connectivity index (χ2v) is 8.60. The molecule has 3 rings (SSSR count). The van der Waals surface area contributed by atoms with E-state index in [2.05, 4.69) is 22.2 Å². The molecule has 0 radical (unpaired) electrons. The molecule has 1 atom stereocenters. The van der Waals surface area contributed by atoms with Crippen LogP contribution in [0.5, 0.6) is 0 Å². The Labute approximate surface area is 166 Å². The lowest BCUT2D eigenvalue weighted by atomic mass is 10.2. The highest BCUT2D eigenvalue weighted by molar-refractivity contribution is 8.00. The van der Waals surface area contributed by atoms with Gasteiger partial charge in [0.15, 0.2) is 6.61 Å². The van der Waals surface area contributed by atoms with E-state index in [1.165, 1.54) is 16.6 Å². The van der Waals surface area contributed by atoms with Gasteiger partial charge in [0.25, 0.3) is 5.91 Å². The molecule has 1 aliphatic heterocycles. The van der Waals surface area contributed by atoms with Gasteiger partial charge in [0.05, 0.1) is 11.9 Å². The maximum absolute atomic E-state index is 12.0. The minimum atomic E-state index is -0.443. The van der Waals surface area contributed by atoms with Crippen molar-refractivity contribution in [2.24, 2.45) is 0 Å². The van der Waals surface area contributed by atoms with Crippen LogP contribution in [0, 0.1) is 20.8 Å². The number of rotatable bonds is 7. The summed E-state index contributed by atoms with van der Waals surface area (Å²) in [6.07, 6.45) is 2.04. The number of aromatic nitrogens is 2. The Kier molecular flexibility index (Phi) is 6.67. The Hall–Kier alpha value is -1.71. The lowest BCUT2D eigenvalue weighted by Gasteiger charge is -2.11. The summed E-state index contributed by atoms with van der Waals surface area (Å²) < 4.78 is 10.5. The third-order valence-electron chi connectivity index (χ3n) is 4.35. The zero-order valence-electron chi connectivity index (χ0n) is 15.7. The highest BCUT2D eigenvalue weighted by Gasteiger charge is 2.18. The number of esters is 1. The summed E-state index contributed by atoms with van der Waals surface area (Å²) in [6, 6.07) is 0. The minimum absolute atomic E-state index is 0.0703. The first-order valence-corrected chi connectivity index (χ1v) is 10.7. The SMILES string of the molecule is Cc1nc(SCC(=O)OCC(=O)NC[C@@H]2CCCO2)c2c(C)c(C)sc2n1. The molecule has 1 amide bonds. The van der Waals surface area contributed by atoms with Gasteiger partial charge in [-0.05, 0) is 39.2 Å². The van der Waals surface area contributed by atoms with Gasteiger partial charge in [0.1, 0.15) is 15.7 Å². The summed E-state index contributed by atoms with van der Waals surface area (Å²) in [5, 5.41) is 4.50. The van der Waals surface area contributed by atoms with Crippen LogP contribution in [0.3, 0.4) is 0 Å². The summed E-state index contributed by atoms with van der Waals surface area (Å²) in [6.45, 7) is 6.85. The predicted molar refractivity (Wildman–Crippen MR) is 105 cm³/mol. The van der Waals surface area contributed by atoms with Gasteiger partial charge < -0.3 is 14.8 Å². The lowest BCUT2D eigenvalue weighted by Crippen LogP contribution is -2.35. The predicted octanol–water partition coefficient (Wildman–Crippen LogP) is 2.55. The maximum Gasteiger partial charge on any atom is 0.316 e. The van der Waals surface area contributed by atoms with E-state index in [9.17, 15) is 9.59 Å². The molecule has 0 aliphatic carbocycles. The highest BCUT2D eigenvalue weighted by Crippen LogP contribution is 2.35. The van der Waals surface area contributed by atoms with Gasteiger partial charge in [0.2, 0.25) is 0 Å². The number of hydrogen-bond donors (Lipinski definition) is 1. The number of nitrogens with zero attached hydrogens (tertiary/aromatic N) is 2. The Balaban J connectivity index is 1.49. The van der Waals surface area contributed by atoms with Crippen LogP contribution >= 0.6 is 23.1 Å². The number of amides is 1. The second kappa shape index (κ2) is 8.99. The van der Waals surface area contributed by atoms with Crippen LogP contribution in [0.2, 0.25) is 0 Å². The minimum Gasteiger partial charge on any atom is -0.455 e. The van der Waals surface area contributed by atoms with Crippen molar-refractivity contribution in [3.05, 3.63) is 16.3 Å². The first kappa shape index (κ1) is 20.0. The standard InChI is InChI=1S/C18H23N3O4S2/c1-10-11(2)27-18-16(10)17(20-12(3)21-18)26-9-15(23)25-8-14(22)19-7-13-5-4-6-24-13/h13H,4-9H2,1-3H3,(H,19,22)/t13-/m0/s1. The molecule has 0 saturated carbocycles. The number of thiophene rings is 1. The molecule has 0 spiro atoms. The topological polar surface area (TPSA) is 90.4 Å². The van der Waals surface area contributed by atoms with Crippen molar-refractivity contribution < 1.29 is 19.1 Å². The molecule has 2 aromatic heterocycles. The first-order valence-electron chi connectivity index (χ1n) is 8.85. The van der Waals surface area contributed by atoms with E-state index in [0.717, 1.165) is 40.3 Å². The number of nitrogens with one attached hydrogen (secondary N) is 1. The number of ether oxygens (including phenoxy) is 2. The molecule has 0 aromatic carbocycles. The summed E-state index contributed by atoms with van der Waals surface area (Å²) in [5.41, 5.74) is 1.14. The normalized spacial score (nSPS) is 16.6. The molecule has 2 aromatic rings. The Bertz CT molecular complexity index is 847. The van der Waals surface area contributed by atoms with Crippen LogP contribution in [0.25, 0.3) is 10.2 Å². The van der Waals surface area contributed by atoms with E-state index in [0.29, 0.717) is 12.4 Å². The van der Waals surface area contributed by atoms with E-state index in [-0.39, 0.29) is 24.4 Å². The Morgan fingerprint density at radius 2 is 2.15 bits per heavy atom. The van der Waals surface area contributed by atoms with Crippen molar-refractivity contribution in [2.75, 3.05) is 25.5 Å². The van der Waals surface area contributed by atoms with E-state index >= 15 is 0 Å². The monoisotopic (exact) mass is 409 g/mol. The molecule has 0 unspecified atom stereocenters. The van der Waals surface area contributed by atoms with E-state index < -0.39 is 5.97 Å². The van der Waals surface area contributed by atoms with Crippen LogP contribution < -0.4 is 5.32 Å². The molecule has 1 N–H and O–H groups in total. The third-order valence-corrected chi connectivity index (χ3v) is 6.40. The van der Waals surface area contributed by atoms with Gasteiger partial charge in [-0.2, -0.15) is 0 Å². The van der Waals surface area contributed by atoms with Crippen molar-refractivity contribution in [2.45, 2.75) is 44.7 Å². The quantitative estimate of drug-likeness (QED) is 0.427. The van der Waals surface area contributed by atoms with Crippen LogP contribution in [0.4, 0.5) is 0 Å². The van der Waals surface area contributed by atoms with Crippen molar-refractivity contribution >= 4 is 45.2 Å². The molecule has 146 valence electrons. The van der Waals surface area contributed by atoms with E-state index in [1.54, 1.807) is 11.3 Å². The van der Waals surface area contributed by atoms with Crippen LogP contribution in [-0.2, 0) is 19.1 Å². The zero-order chi connectivity index (χ0) is 19.4. The van der Waals surface area contributed by atoms with Crippen LogP contribution in [-0.4, -0.2) is 53.5 Å². The third kappa shape index (κ3) is 5.18. The number of carbonyl (C=O) groups is 2. The van der Waals surface area contributed by atoms with Crippen molar-refractivity contribution in [1.82, 2.24) is 15.3 Å². The smallest absolute Gasteiger partial charge is 0.316 e. The number of fused-ring (bicyclic) bond motifs is 1. The van der Waals surface area contributed by atoms with Gasteiger partial charge in [-0.3, -0.25) is 9.59 Å². The average Bonchev–Trinajstić information content (AvgIpc) is 3.24. The number of hydrogen-bond acceptors (Lipinski definition) is 8. The van der Waals surface area contributed by atoms with Crippen molar-refractivity contribution in [3.8, 4) is 0 Å². The van der Waals surface area contributed by atoms with Crippen molar-refractivity contribution in [3.63, 3.8) is 0 Å². The van der Waals surface area contributed by atoms with Crippen LogP contribution in [0.1, 0.15) is 29.1 Å². The summed E-state index contributed by atoms with van der Waals surface area (Å²) in [7, 11) is 0. The molecular formula is C18H23N3O4S2. The fourth-order valence-corrected chi connectivity index (χ4v) is 4.89. The fourth-order valence-electron chi connectivity index (χ4n) is 2.82. The largest absolute Gasteiger partial charge is 0.455 e. The molecule has 3 heterocycles. The first-order chi connectivity index (χ1) is 12.9. The summed E-state index contributed by atoms with van der Waals surface area (Å²) in [5.74, 6) is 0.0154. The number of thioether (sulfide) groups is 1. The fraction of sp³-hybridized carbons (Fsp3) is 0.556. The Morgan fingerprint density at radius 1 is 1.33 bits per heavy atom. The summed E-state index contributed by atoms with van der Waals surface area (Å²) in [4.78, 5) is 34.8. The Morgan fingerprint density at radius 3 is 2.89 bits per heavy atom. The van der Waals surface area contributed by atoms with E-state index in [4.69, 9.17) is 9.47 Å². The number of aryl methyl sites for hydroxylation is 3. The zero-order valence-corrected chi connectivity index (χ0v) is 17.3. The molecular weight excluding hydrogens is 386 g/mol. The molecule has 27 heavy (non-hydrogen) atoms. The second-order valence-electron chi connectivity index (χ2n) is 6.43. The van der Waals surface area contributed by atoms with Gasteiger partial charge >= 0.3 is 5.97 Å². The molecule has 1 saturated heterocycles. The number of carbonyl (C=O) groups excluding carboxylic acids is 2. The maximum atomic E-state index is 12.0. The molecule has 1 aliphatic rings. The molecule has 7 nitrogen and oxygen atoms in total. The van der Waals surface area contributed by atoms with Crippen LogP contribution in [0.15, 0.2) is 5.03 Å². The highest BCUT2D eigenvalue weighted by atomic mass is 32.2. The van der Waals surface area contributed by atoms with Gasteiger partial charge in [-0.1, -0.05) is 11.8 Å². The average molecular weight is 410 g/mol. The van der Waals surface area contributed by atoms with E-state index in [1.807, 2.05) is 13.8 Å². The summed E-state index contributed by atoms with van der Waals surface area (Å²) >= 11 is 2.94. The lowest BCUT2D eigenvalue weighted by molar-refractivity contribution is -0.146. The van der Waals surface area contributed by atoms with Crippen molar-refractivity contribution in [1.29, 1.82) is 0 Å². The van der Waals surface area contributed by atoms with Gasteiger partial charge in [-0.15, -0.1) is 11.3 Å². The van der Waals surface area contributed by atoms with Gasteiger partial charge in [-0.25, -0.2) is 9.97 Å².